The maximum atomic E-state index is 12.2. The van der Waals surface area contributed by atoms with Crippen LogP contribution in [0.25, 0.3) is 11.3 Å². The van der Waals surface area contributed by atoms with E-state index in [1.54, 1.807) is 0 Å². The van der Waals surface area contributed by atoms with Crippen molar-refractivity contribution in [2.24, 2.45) is 0 Å². The number of Topliss-reactive ketones (excluding diaryl/α,β-unsaturated/α-hetero) is 1. The summed E-state index contributed by atoms with van der Waals surface area (Å²) in [7, 11) is 0. The number of nitrogens with two attached hydrogens (primary N) is 1. The fourth-order valence-electron chi connectivity index (χ4n) is 1.53. The van der Waals surface area contributed by atoms with Gasteiger partial charge in [0.1, 0.15) is 6.54 Å². The first kappa shape index (κ1) is 13.5. The van der Waals surface area contributed by atoms with Crippen LogP contribution in [0, 0.1) is 0 Å². The van der Waals surface area contributed by atoms with Crippen LogP contribution in [0.3, 0.4) is 0 Å². The molecule has 0 saturated heterocycles. The molecule has 9 heteroatoms. The second-order valence-corrected chi connectivity index (χ2v) is 4.86. The minimum absolute atomic E-state index is 0.184. The van der Waals surface area contributed by atoms with Gasteiger partial charge in [-0.15, -0.1) is 0 Å². The second-order valence-electron chi connectivity index (χ2n) is 3.83. The van der Waals surface area contributed by atoms with Crippen LogP contribution < -0.4 is 5.73 Å². The van der Waals surface area contributed by atoms with Gasteiger partial charge in [-0.2, -0.15) is 18.3 Å². The Kier molecular flexibility index (Phi) is 3.31. The largest absolute Gasteiger partial charge is 0.408 e. The van der Waals surface area contributed by atoms with Crippen molar-refractivity contribution in [3.8, 4) is 11.3 Å². The van der Waals surface area contributed by atoms with Crippen LogP contribution in [0.2, 0.25) is 0 Å². The van der Waals surface area contributed by atoms with Crippen LogP contribution in [-0.2, 0) is 6.54 Å². The van der Waals surface area contributed by atoms with Gasteiger partial charge in [0.25, 0.3) is 0 Å². The van der Waals surface area contributed by atoms with E-state index in [2.05, 4.69) is 10.1 Å². The van der Waals surface area contributed by atoms with E-state index in [0.717, 1.165) is 16.0 Å². The third-order valence-corrected chi connectivity index (χ3v) is 3.20. The van der Waals surface area contributed by atoms with Crippen molar-refractivity contribution in [2.75, 3.05) is 5.73 Å². The first-order chi connectivity index (χ1) is 8.76. The molecule has 0 saturated carbocycles. The van der Waals surface area contributed by atoms with Crippen molar-refractivity contribution < 1.29 is 18.0 Å². The lowest BCUT2D eigenvalue weighted by atomic mass is 10.2. The average molecular weight is 290 g/mol. The third-order valence-electron chi connectivity index (χ3n) is 2.21. The molecule has 0 amide bonds. The van der Waals surface area contributed by atoms with Crippen molar-refractivity contribution >= 4 is 22.3 Å². The van der Waals surface area contributed by atoms with Gasteiger partial charge in [-0.25, -0.2) is 4.98 Å². The van der Waals surface area contributed by atoms with Crippen LogP contribution in [0.5, 0.6) is 0 Å². The Morgan fingerprint density at radius 1 is 1.53 bits per heavy atom. The molecule has 0 unspecified atom stereocenters. The molecule has 102 valence electrons. The number of halogens is 3. The van der Waals surface area contributed by atoms with Gasteiger partial charge in [0, 0.05) is 18.7 Å². The predicted molar refractivity (Wildman–Crippen MR) is 63.8 cm³/mol. The standard InChI is InChI=1S/C10H9F3N4OS/c1-5(18)8-7(16-9(14)19-8)6-2-15-17(3-6)4-10(11,12)13/h2-3H,4H2,1H3,(H2,14,16). The van der Waals surface area contributed by atoms with Crippen LogP contribution >= 0.6 is 11.3 Å². The number of anilines is 1. The molecule has 0 atom stereocenters. The van der Waals surface area contributed by atoms with Crippen molar-refractivity contribution in [2.45, 2.75) is 19.6 Å². The van der Waals surface area contributed by atoms with E-state index in [9.17, 15) is 18.0 Å². The smallest absolute Gasteiger partial charge is 0.375 e. The summed E-state index contributed by atoms with van der Waals surface area (Å²) in [6, 6.07) is 0. The molecule has 0 radical (unpaired) electrons. The SMILES string of the molecule is CC(=O)c1sc(N)nc1-c1cnn(CC(F)(F)F)c1. The monoisotopic (exact) mass is 290 g/mol. The summed E-state index contributed by atoms with van der Waals surface area (Å²) < 4.78 is 37.4. The molecule has 0 aromatic carbocycles. The molecule has 0 aliphatic carbocycles. The van der Waals surface area contributed by atoms with E-state index in [0.29, 0.717) is 10.4 Å². The van der Waals surface area contributed by atoms with Gasteiger partial charge >= 0.3 is 6.18 Å². The molecule has 0 fully saturated rings. The number of nitrogens with zero attached hydrogens (tertiary/aromatic N) is 3. The minimum atomic E-state index is -4.35. The number of carbonyl (C=O) groups is 1. The zero-order chi connectivity index (χ0) is 14.2. The number of alkyl halides is 3. The van der Waals surface area contributed by atoms with Gasteiger partial charge in [0.2, 0.25) is 0 Å². The molecule has 2 aromatic heterocycles. The second kappa shape index (κ2) is 4.65. The highest BCUT2D eigenvalue weighted by molar-refractivity contribution is 7.17. The summed E-state index contributed by atoms with van der Waals surface area (Å²) in [6.07, 6.45) is -1.94. The van der Waals surface area contributed by atoms with Gasteiger partial charge < -0.3 is 5.73 Å². The predicted octanol–water partition coefficient (Wildman–Crippen LogP) is 2.35. The van der Waals surface area contributed by atoms with E-state index < -0.39 is 12.7 Å². The van der Waals surface area contributed by atoms with Crippen molar-refractivity contribution in [3.05, 3.63) is 17.3 Å². The van der Waals surface area contributed by atoms with Gasteiger partial charge in [0.05, 0.1) is 16.8 Å². The molecular formula is C10H9F3N4OS. The van der Waals surface area contributed by atoms with Crippen LogP contribution in [0.15, 0.2) is 12.4 Å². The fraction of sp³-hybridized carbons (Fsp3) is 0.300. The lowest BCUT2D eigenvalue weighted by molar-refractivity contribution is -0.142. The molecule has 0 spiro atoms. The number of hydrogen-bond acceptors (Lipinski definition) is 5. The number of ketones is 1. The number of thiazole rings is 1. The molecule has 0 aliphatic heterocycles. The highest BCUT2D eigenvalue weighted by Crippen LogP contribution is 2.30. The topological polar surface area (TPSA) is 73.8 Å². The summed E-state index contributed by atoms with van der Waals surface area (Å²) in [4.78, 5) is 15.7. The highest BCUT2D eigenvalue weighted by Gasteiger charge is 2.28. The number of aromatic nitrogens is 3. The summed E-state index contributed by atoms with van der Waals surface area (Å²) in [5.41, 5.74) is 6.11. The van der Waals surface area contributed by atoms with Crippen molar-refractivity contribution in [3.63, 3.8) is 0 Å². The molecule has 0 bridgehead atoms. The molecule has 19 heavy (non-hydrogen) atoms. The summed E-state index contributed by atoms with van der Waals surface area (Å²) in [5.74, 6) is -0.243. The number of hydrogen-bond donors (Lipinski definition) is 1. The summed E-state index contributed by atoms with van der Waals surface area (Å²) in [6.45, 7) is 0.151. The minimum Gasteiger partial charge on any atom is -0.375 e. The zero-order valence-corrected chi connectivity index (χ0v) is 10.5. The first-order valence-electron chi connectivity index (χ1n) is 5.13. The molecule has 2 heterocycles. The number of rotatable bonds is 3. The Bertz CT molecular complexity index is 617. The van der Waals surface area contributed by atoms with E-state index in [1.165, 1.54) is 19.3 Å². The Morgan fingerprint density at radius 3 is 2.79 bits per heavy atom. The Labute approximate surface area is 109 Å². The molecule has 2 rings (SSSR count). The van der Waals surface area contributed by atoms with E-state index in [4.69, 9.17) is 5.73 Å². The van der Waals surface area contributed by atoms with Crippen molar-refractivity contribution in [1.82, 2.24) is 14.8 Å². The molecule has 2 aromatic rings. The van der Waals surface area contributed by atoms with Gasteiger partial charge in [-0.3, -0.25) is 9.48 Å². The van der Waals surface area contributed by atoms with E-state index >= 15 is 0 Å². The highest BCUT2D eigenvalue weighted by atomic mass is 32.1. The third kappa shape index (κ3) is 3.11. The Balaban J connectivity index is 2.35. The maximum absolute atomic E-state index is 12.2. The van der Waals surface area contributed by atoms with Crippen molar-refractivity contribution in [1.29, 1.82) is 0 Å². The van der Waals surface area contributed by atoms with Gasteiger partial charge in [-0.1, -0.05) is 11.3 Å². The van der Waals surface area contributed by atoms with Gasteiger partial charge in [-0.05, 0) is 0 Å². The number of carbonyl (C=O) groups excluding carboxylic acids is 1. The lowest BCUT2D eigenvalue weighted by Gasteiger charge is -2.04. The molecule has 0 aliphatic rings. The average Bonchev–Trinajstić information content (AvgIpc) is 2.81. The van der Waals surface area contributed by atoms with Crippen LogP contribution in [-0.4, -0.2) is 26.7 Å². The van der Waals surface area contributed by atoms with Crippen LogP contribution in [0.1, 0.15) is 16.6 Å². The van der Waals surface area contributed by atoms with Gasteiger partial charge in [0.15, 0.2) is 10.9 Å². The normalized spacial score (nSPS) is 11.8. The molecule has 2 N–H and O–H groups in total. The molecule has 5 nitrogen and oxygen atoms in total. The van der Waals surface area contributed by atoms with E-state index in [1.807, 2.05) is 0 Å². The maximum Gasteiger partial charge on any atom is 0.408 e. The quantitative estimate of drug-likeness (QED) is 0.881. The lowest BCUT2D eigenvalue weighted by Crippen LogP contribution is -2.17. The van der Waals surface area contributed by atoms with E-state index in [-0.39, 0.29) is 16.6 Å². The molecular weight excluding hydrogens is 281 g/mol. The summed E-state index contributed by atoms with van der Waals surface area (Å²) >= 11 is 0.998. The zero-order valence-electron chi connectivity index (χ0n) is 9.73. The fourth-order valence-corrected chi connectivity index (χ4v) is 2.28. The first-order valence-corrected chi connectivity index (χ1v) is 5.95. The summed E-state index contributed by atoms with van der Waals surface area (Å²) in [5, 5.41) is 3.78. The Hall–Kier alpha value is -1.90. The van der Waals surface area contributed by atoms with Crippen LogP contribution in [0.4, 0.5) is 18.3 Å². The Morgan fingerprint density at radius 2 is 2.21 bits per heavy atom. The number of nitrogen functional groups attached to an aromatic ring is 1.